The Labute approximate surface area is 148 Å². The second-order valence-electron chi connectivity index (χ2n) is 7.18. The zero-order chi connectivity index (χ0) is 17.6. The number of amides is 1. The second-order valence-corrected chi connectivity index (χ2v) is 8.10. The summed E-state index contributed by atoms with van der Waals surface area (Å²) in [5.41, 5.74) is 0.724. The number of hydrogen-bond acceptors (Lipinski definition) is 3. The van der Waals surface area contributed by atoms with Gasteiger partial charge in [-0.2, -0.15) is 0 Å². The lowest BCUT2D eigenvalue weighted by molar-refractivity contribution is 0.0489. The maximum atomic E-state index is 12.0. The molecule has 23 heavy (non-hydrogen) atoms. The summed E-state index contributed by atoms with van der Waals surface area (Å²) in [5, 5.41) is 6.44. The minimum Gasteiger partial charge on any atom is -0.444 e. The summed E-state index contributed by atoms with van der Waals surface area (Å²) in [5.74, 6) is 0.310. The molecule has 0 heterocycles. The molecule has 0 fully saturated rings. The van der Waals surface area contributed by atoms with Crippen molar-refractivity contribution in [3.05, 3.63) is 34.3 Å². The molecule has 1 amide bonds. The highest BCUT2D eigenvalue weighted by atomic mass is 79.9. The van der Waals surface area contributed by atoms with E-state index in [9.17, 15) is 4.79 Å². The second kappa shape index (κ2) is 8.69. The van der Waals surface area contributed by atoms with Crippen molar-refractivity contribution in [1.29, 1.82) is 0 Å². The van der Waals surface area contributed by atoms with Crippen molar-refractivity contribution < 1.29 is 9.53 Å². The Morgan fingerprint density at radius 3 is 2.43 bits per heavy atom. The molecule has 5 heteroatoms. The van der Waals surface area contributed by atoms with Crippen LogP contribution in [0.2, 0.25) is 0 Å². The van der Waals surface area contributed by atoms with Gasteiger partial charge in [0.2, 0.25) is 0 Å². The zero-order valence-corrected chi connectivity index (χ0v) is 16.5. The number of halogens is 1. The van der Waals surface area contributed by atoms with E-state index < -0.39 is 5.60 Å². The maximum Gasteiger partial charge on any atom is 0.407 e. The fourth-order valence-corrected chi connectivity index (χ4v) is 2.53. The van der Waals surface area contributed by atoms with Crippen molar-refractivity contribution >= 4 is 22.0 Å². The number of nitrogens with one attached hydrogen (secondary N) is 2. The lowest BCUT2D eigenvalue weighted by Crippen LogP contribution is -2.47. The topological polar surface area (TPSA) is 50.4 Å². The first-order valence-electron chi connectivity index (χ1n) is 8.07. The Bertz CT molecular complexity index is 512. The highest BCUT2D eigenvalue weighted by Crippen LogP contribution is 2.18. The number of alkyl carbamates (subject to hydrolysis) is 1. The van der Waals surface area contributed by atoms with Crippen LogP contribution in [-0.2, 0) is 4.74 Å². The van der Waals surface area contributed by atoms with Gasteiger partial charge in [-0.25, -0.2) is 4.79 Å². The molecule has 2 atom stereocenters. The Morgan fingerprint density at radius 2 is 1.91 bits per heavy atom. The summed E-state index contributed by atoms with van der Waals surface area (Å²) in [7, 11) is 0. The van der Waals surface area contributed by atoms with Crippen LogP contribution in [0.4, 0.5) is 4.79 Å². The van der Waals surface area contributed by atoms with Gasteiger partial charge < -0.3 is 15.4 Å². The minimum atomic E-state index is -0.483. The van der Waals surface area contributed by atoms with Gasteiger partial charge in [-0.3, -0.25) is 0 Å². The molecule has 130 valence electrons. The van der Waals surface area contributed by atoms with Gasteiger partial charge >= 0.3 is 6.09 Å². The number of rotatable bonds is 6. The van der Waals surface area contributed by atoms with Crippen molar-refractivity contribution in [2.45, 2.75) is 59.2 Å². The van der Waals surface area contributed by atoms with Crippen LogP contribution >= 0.6 is 15.9 Å². The maximum absolute atomic E-state index is 12.0. The van der Waals surface area contributed by atoms with Gasteiger partial charge in [0.05, 0.1) is 0 Å². The third kappa shape index (κ3) is 7.84. The fraction of sp³-hybridized carbons (Fsp3) is 0.611. The predicted octanol–water partition coefficient (Wildman–Crippen LogP) is 4.65. The summed E-state index contributed by atoms with van der Waals surface area (Å²) in [6.45, 7) is 12.6. The van der Waals surface area contributed by atoms with Gasteiger partial charge in [0.25, 0.3) is 0 Å². The van der Waals surface area contributed by atoms with Gasteiger partial charge in [-0.15, -0.1) is 0 Å². The van der Waals surface area contributed by atoms with Crippen molar-refractivity contribution in [2.24, 2.45) is 5.92 Å². The first kappa shape index (κ1) is 20.0. The van der Waals surface area contributed by atoms with E-state index in [-0.39, 0.29) is 18.2 Å². The van der Waals surface area contributed by atoms with E-state index in [1.165, 1.54) is 5.56 Å². The van der Waals surface area contributed by atoms with Crippen molar-refractivity contribution in [1.82, 2.24) is 10.6 Å². The third-order valence-electron chi connectivity index (χ3n) is 3.50. The van der Waals surface area contributed by atoms with Crippen LogP contribution < -0.4 is 10.6 Å². The SMILES string of the molecule is CC(NCC(NC(=O)OC(C)(C)C)C(C)C)c1cccc(Br)c1. The number of ether oxygens (including phenoxy) is 1. The molecule has 0 aliphatic rings. The van der Waals surface area contributed by atoms with Gasteiger partial charge in [-0.05, 0) is 51.3 Å². The first-order chi connectivity index (χ1) is 10.6. The summed E-state index contributed by atoms with van der Waals surface area (Å²) in [6.07, 6.45) is -0.367. The van der Waals surface area contributed by atoms with Crippen LogP contribution in [0.15, 0.2) is 28.7 Å². The molecule has 0 aliphatic carbocycles. The Kier molecular flexibility index (Phi) is 7.55. The van der Waals surface area contributed by atoms with Gasteiger partial charge in [0, 0.05) is 23.1 Å². The lowest BCUT2D eigenvalue weighted by Gasteiger charge is -2.27. The minimum absolute atomic E-state index is 0.0134. The Hall–Kier alpha value is -1.07. The summed E-state index contributed by atoms with van der Waals surface area (Å²) >= 11 is 3.49. The largest absolute Gasteiger partial charge is 0.444 e. The smallest absolute Gasteiger partial charge is 0.407 e. The molecule has 0 aromatic heterocycles. The predicted molar refractivity (Wildman–Crippen MR) is 98.6 cm³/mol. The fourth-order valence-electron chi connectivity index (χ4n) is 2.11. The Balaban J connectivity index is 2.58. The van der Waals surface area contributed by atoms with Crippen molar-refractivity contribution in [2.75, 3.05) is 6.54 Å². The van der Waals surface area contributed by atoms with E-state index in [0.29, 0.717) is 12.5 Å². The van der Waals surface area contributed by atoms with Crippen LogP contribution in [0.1, 0.15) is 53.1 Å². The molecule has 2 unspecified atom stereocenters. The van der Waals surface area contributed by atoms with Crippen LogP contribution in [0.3, 0.4) is 0 Å². The standard InChI is InChI=1S/C18H29BrN2O2/c1-12(2)16(21-17(22)23-18(4,5)6)11-20-13(3)14-8-7-9-15(19)10-14/h7-10,12-13,16,20H,11H2,1-6H3,(H,21,22). The summed E-state index contributed by atoms with van der Waals surface area (Å²) < 4.78 is 6.41. The van der Waals surface area contributed by atoms with E-state index in [2.05, 4.69) is 59.5 Å². The molecule has 0 bridgehead atoms. The van der Waals surface area contributed by atoms with Crippen LogP contribution in [0.5, 0.6) is 0 Å². The molecular formula is C18H29BrN2O2. The van der Waals surface area contributed by atoms with Crippen LogP contribution in [-0.4, -0.2) is 24.3 Å². The van der Waals surface area contributed by atoms with E-state index in [1.807, 2.05) is 32.9 Å². The average molecular weight is 385 g/mol. The average Bonchev–Trinajstić information content (AvgIpc) is 2.40. The normalized spacial score (nSPS) is 14.4. The molecule has 1 rings (SSSR count). The van der Waals surface area contributed by atoms with E-state index in [1.54, 1.807) is 0 Å². The number of carbonyl (C=O) groups is 1. The Morgan fingerprint density at radius 1 is 1.26 bits per heavy atom. The van der Waals surface area contributed by atoms with E-state index in [4.69, 9.17) is 4.74 Å². The molecule has 0 spiro atoms. The highest BCUT2D eigenvalue weighted by molar-refractivity contribution is 9.10. The van der Waals surface area contributed by atoms with Gasteiger partial charge in [0.15, 0.2) is 0 Å². The molecule has 1 aromatic rings. The third-order valence-corrected chi connectivity index (χ3v) is 3.99. The van der Waals surface area contributed by atoms with Crippen molar-refractivity contribution in [3.8, 4) is 0 Å². The number of hydrogen-bond donors (Lipinski definition) is 2. The van der Waals surface area contributed by atoms with E-state index in [0.717, 1.165) is 4.47 Å². The monoisotopic (exact) mass is 384 g/mol. The van der Waals surface area contributed by atoms with Crippen molar-refractivity contribution in [3.63, 3.8) is 0 Å². The van der Waals surface area contributed by atoms with Gasteiger partial charge in [0.1, 0.15) is 5.60 Å². The number of benzene rings is 1. The molecule has 0 saturated carbocycles. The molecule has 0 aliphatic heterocycles. The summed E-state index contributed by atoms with van der Waals surface area (Å²) in [6, 6.07) is 8.44. The van der Waals surface area contributed by atoms with E-state index >= 15 is 0 Å². The van der Waals surface area contributed by atoms with Crippen LogP contribution in [0, 0.1) is 5.92 Å². The van der Waals surface area contributed by atoms with Gasteiger partial charge in [-0.1, -0.05) is 41.9 Å². The molecule has 4 nitrogen and oxygen atoms in total. The molecule has 0 saturated heterocycles. The summed E-state index contributed by atoms with van der Waals surface area (Å²) in [4.78, 5) is 12.0. The number of carbonyl (C=O) groups excluding carboxylic acids is 1. The highest BCUT2D eigenvalue weighted by Gasteiger charge is 2.21. The first-order valence-corrected chi connectivity index (χ1v) is 8.86. The quantitative estimate of drug-likeness (QED) is 0.750. The zero-order valence-electron chi connectivity index (χ0n) is 14.9. The molecule has 2 N–H and O–H groups in total. The van der Waals surface area contributed by atoms with Crippen LogP contribution in [0.25, 0.3) is 0 Å². The molecular weight excluding hydrogens is 356 g/mol. The molecule has 1 aromatic carbocycles. The lowest BCUT2D eigenvalue weighted by atomic mass is 10.0. The molecule has 0 radical (unpaired) electrons.